The van der Waals surface area contributed by atoms with E-state index in [4.69, 9.17) is 0 Å². The number of hydrogen-bond donors (Lipinski definition) is 0. The third-order valence-electron chi connectivity index (χ3n) is 1.78. The van der Waals surface area contributed by atoms with E-state index in [0.717, 1.165) is 11.1 Å². The second-order valence-electron chi connectivity index (χ2n) is 3.08. The summed E-state index contributed by atoms with van der Waals surface area (Å²) in [6, 6.07) is 6.72. The van der Waals surface area contributed by atoms with Crippen LogP contribution in [0.2, 0.25) is 0 Å². The highest BCUT2D eigenvalue weighted by Gasteiger charge is 2.05. The molecule has 0 heterocycles. The standard InChI is InChI=1S/C10H12O2S/c1-8(2)9-4-6-10(7-5-9)13(3,11)12/h4-7H,1H2,2-3H3. The highest BCUT2D eigenvalue weighted by Crippen LogP contribution is 2.15. The maximum atomic E-state index is 11.1. The minimum absolute atomic E-state index is 0.345. The van der Waals surface area contributed by atoms with Gasteiger partial charge in [-0.25, -0.2) is 8.42 Å². The van der Waals surface area contributed by atoms with Gasteiger partial charge in [0, 0.05) is 6.26 Å². The van der Waals surface area contributed by atoms with Gasteiger partial charge in [0.1, 0.15) is 0 Å². The Morgan fingerprint density at radius 2 is 1.69 bits per heavy atom. The normalized spacial score (nSPS) is 11.2. The zero-order valence-electron chi connectivity index (χ0n) is 7.74. The van der Waals surface area contributed by atoms with E-state index in [1.807, 2.05) is 6.92 Å². The molecule has 0 N–H and O–H groups in total. The summed E-state index contributed by atoms with van der Waals surface area (Å²) in [4.78, 5) is 0.345. The van der Waals surface area contributed by atoms with Crippen molar-refractivity contribution in [3.8, 4) is 0 Å². The molecule has 2 nitrogen and oxygen atoms in total. The second kappa shape index (κ2) is 3.34. The molecule has 0 radical (unpaired) electrons. The molecule has 0 saturated carbocycles. The van der Waals surface area contributed by atoms with Crippen LogP contribution in [-0.4, -0.2) is 14.7 Å². The van der Waals surface area contributed by atoms with Gasteiger partial charge in [-0.3, -0.25) is 0 Å². The minimum atomic E-state index is -3.07. The van der Waals surface area contributed by atoms with Crippen molar-refractivity contribution < 1.29 is 8.42 Å². The molecule has 1 aromatic carbocycles. The maximum absolute atomic E-state index is 11.1. The van der Waals surface area contributed by atoms with Crippen molar-refractivity contribution >= 4 is 15.4 Å². The third kappa shape index (κ3) is 2.42. The van der Waals surface area contributed by atoms with Crippen molar-refractivity contribution in [2.24, 2.45) is 0 Å². The lowest BCUT2D eigenvalue weighted by Crippen LogP contribution is -1.96. The van der Waals surface area contributed by atoms with Crippen molar-refractivity contribution in [1.82, 2.24) is 0 Å². The predicted molar refractivity (Wildman–Crippen MR) is 54.3 cm³/mol. The van der Waals surface area contributed by atoms with Crippen molar-refractivity contribution in [1.29, 1.82) is 0 Å². The van der Waals surface area contributed by atoms with E-state index in [0.29, 0.717) is 4.90 Å². The number of sulfone groups is 1. The van der Waals surface area contributed by atoms with Crippen molar-refractivity contribution in [2.45, 2.75) is 11.8 Å². The van der Waals surface area contributed by atoms with Crippen LogP contribution >= 0.6 is 0 Å². The Bertz CT molecular complexity index is 413. The molecule has 0 aliphatic carbocycles. The van der Waals surface area contributed by atoms with Crippen molar-refractivity contribution in [3.05, 3.63) is 36.4 Å². The van der Waals surface area contributed by atoms with Gasteiger partial charge < -0.3 is 0 Å². The SMILES string of the molecule is C=C(C)c1ccc(S(C)(=O)=O)cc1. The largest absolute Gasteiger partial charge is 0.224 e. The molecule has 0 aliphatic heterocycles. The highest BCUT2D eigenvalue weighted by atomic mass is 32.2. The Labute approximate surface area is 78.8 Å². The molecule has 0 bridgehead atoms. The van der Waals surface area contributed by atoms with Gasteiger partial charge in [-0.15, -0.1) is 0 Å². The van der Waals surface area contributed by atoms with Crippen LogP contribution in [0.4, 0.5) is 0 Å². The van der Waals surface area contributed by atoms with E-state index in [-0.39, 0.29) is 0 Å². The molecule has 0 atom stereocenters. The lowest BCUT2D eigenvalue weighted by atomic mass is 10.1. The first-order valence-electron chi connectivity index (χ1n) is 3.87. The summed E-state index contributed by atoms with van der Waals surface area (Å²) in [6.45, 7) is 5.65. The van der Waals surface area contributed by atoms with Gasteiger partial charge in [0.2, 0.25) is 0 Å². The van der Waals surface area contributed by atoms with Gasteiger partial charge in [0.05, 0.1) is 4.90 Å². The first kappa shape index (κ1) is 9.99. The molecule has 13 heavy (non-hydrogen) atoms. The van der Waals surface area contributed by atoms with Crippen LogP contribution in [0, 0.1) is 0 Å². The quantitative estimate of drug-likeness (QED) is 0.726. The fourth-order valence-corrected chi connectivity index (χ4v) is 1.62. The molecule has 0 unspecified atom stereocenters. The summed E-state index contributed by atoms with van der Waals surface area (Å²) >= 11 is 0. The molecule has 0 aromatic heterocycles. The molecular formula is C10H12O2S. The predicted octanol–water partition coefficient (Wildman–Crippen LogP) is 2.12. The first-order chi connectivity index (χ1) is 5.91. The molecular weight excluding hydrogens is 184 g/mol. The first-order valence-corrected chi connectivity index (χ1v) is 5.76. The van der Waals surface area contributed by atoms with E-state index >= 15 is 0 Å². The number of hydrogen-bond acceptors (Lipinski definition) is 2. The summed E-state index contributed by atoms with van der Waals surface area (Å²) in [7, 11) is -3.07. The number of rotatable bonds is 2. The Balaban J connectivity index is 3.16. The van der Waals surface area contributed by atoms with Crippen LogP contribution in [0.3, 0.4) is 0 Å². The zero-order chi connectivity index (χ0) is 10.1. The van der Waals surface area contributed by atoms with Crippen molar-refractivity contribution in [2.75, 3.05) is 6.26 Å². The molecule has 0 fully saturated rings. The summed E-state index contributed by atoms with van der Waals surface area (Å²) in [5.74, 6) is 0. The summed E-state index contributed by atoms with van der Waals surface area (Å²) in [5, 5.41) is 0. The van der Waals surface area contributed by atoms with Gasteiger partial charge in [0.25, 0.3) is 0 Å². The van der Waals surface area contributed by atoms with E-state index < -0.39 is 9.84 Å². The van der Waals surface area contributed by atoms with Crippen molar-refractivity contribution in [3.63, 3.8) is 0 Å². The minimum Gasteiger partial charge on any atom is -0.224 e. The lowest BCUT2D eigenvalue weighted by molar-refractivity contribution is 0.602. The van der Waals surface area contributed by atoms with Gasteiger partial charge in [-0.1, -0.05) is 24.3 Å². The Morgan fingerprint density at radius 1 is 1.23 bits per heavy atom. The summed E-state index contributed by atoms with van der Waals surface area (Å²) < 4.78 is 22.2. The Morgan fingerprint density at radius 3 is 2.00 bits per heavy atom. The van der Waals surface area contributed by atoms with Gasteiger partial charge in [-0.2, -0.15) is 0 Å². The average Bonchev–Trinajstić information content (AvgIpc) is 2.03. The number of allylic oxidation sites excluding steroid dienone is 1. The van der Waals surface area contributed by atoms with Gasteiger partial charge in [0.15, 0.2) is 9.84 Å². The smallest absolute Gasteiger partial charge is 0.175 e. The lowest BCUT2D eigenvalue weighted by Gasteiger charge is -2.01. The summed E-state index contributed by atoms with van der Waals surface area (Å²) in [5.41, 5.74) is 1.90. The molecule has 70 valence electrons. The Kier molecular flexibility index (Phi) is 2.57. The van der Waals surface area contributed by atoms with Crippen LogP contribution in [0.5, 0.6) is 0 Å². The van der Waals surface area contributed by atoms with E-state index in [9.17, 15) is 8.42 Å². The number of benzene rings is 1. The zero-order valence-corrected chi connectivity index (χ0v) is 8.56. The molecule has 0 saturated heterocycles. The Hall–Kier alpha value is -1.09. The fraction of sp³-hybridized carbons (Fsp3) is 0.200. The summed E-state index contributed by atoms with van der Waals surface area (Å²) in [6.07, 6.45) is 1.20. The van der Waals surface area contributed by atoms with Crippen LogP contribution in [0.1, 0.15) is 12.5 Å². The third-order valence-corrected chi connectivity index (χ3v) is 2.90. The second-order valence-corrected chi connectivity index (χ2v) is 5.09. The molecule has 0 spiro atoms. The average molecular weight is 196 g/mol. The molecule has 0 aliphatic rings. The van der Waals surface area contributed by atoms with Crippen LogP contribution in [-0.2, 0) is 9.84 Å². The monoisotopic (exact) mass is 196 g/mol. The van der Waals surface area contributed by atoms with E-state index in [1.165, 1.54) is 6.26 Å². The fourth-order valence-electron chi connectivity index (χ4n) is 0.987. The van der Waals surface area contributed by atoms with Gasteiger partial charge >= 0.3 is 0 Å². The van der Waals surface area contributed by atoms with E-state index in [2.05, 4.69) is 6.58 Å². The van der Waals surface area contributed by atoms with E-state index in [1.54, 1.807) is 24.3 Å². The van der Waals surface area contributed by atoms with Crippen LogP contribution in [0.25, 0.3) is 5.57 Å². The maximum Gasteiger partial charge on any atom is 0.175 e. The van der Waals surface area contributed by atoms with Crippen LogP contribution in [0.15, 0.2) is 35.7 Å². The molecule has 1 rings (SSSR count). The molecule has 1 aromatic rings. The molecule has 3 heteroatoms. The topological polar surface area (TPSA) is 34.1 Å². The molecule has 0 amide bonds. The van der Waals surface area contributed by atoms with Gasteiger partial charge in [-0.05, 0) is 24.6 Å². The highest BCUT2D eigenvalue weighted by molar-refractivity contribution is 7.90. The van der Waals surface area contributed by atoms with Crippen LogP contribution < -0.4 is 0 Å².